The predicted octanol–water partition coefficient (Wildman–Crippen LogP) is 1.80. The monoisotopic (exact) mass is 419 g/mol. The Kier molecular flexibility index (Phi) is 5.91. The molecular weight excluding hydrogens is 394 g/mol. The summed E-state index contributed by atoms with van der Waals surface area (Å²) in [5.74, 6) is 1.75. The molecule has 0 spiro atoms. The number of aromatic nitrogens is 2. The smallest absolute Gasteiger partial charge is 0.351 e. The van der Waals surface area contributed by atoms with Crippen LogP contribution in [0, 0.1) is 0 Å². The molecule has 1 unspecified atom stereocenters. The first-order valence-electron chi connectivity index (χ1n) is 9.76. The van der Waals surface area contributed by atoms with Gasteiger partial charge in [-0.3, -0.25) is 4.57 Å². The highest BCUT2D eigenvalue weighted by atomic mass is 16.6. The Balaban J connectivity index is 1.64. The van der Waals surface area contributed by atoms with Gasteiger partial charge in [0.25, 0.3) is 0 Å². The maximum atomic E-state index is 12.7. The summed E-state index contributed by atoms with van der Waals surface area (Å²) in [6.45, 7) is 2.79. The van der Waals surface area contributed by atoms with E-state index in [1.54, 1.807) is 6.07 Å². The van der Waals surface area contributed by atoms with Gasteiger partial charge in [0.2, 0.25) is 0 Å². The van der Waals surface area contributed by atoms with Crippen molar-refractivity contribution in [2.75, 3.05) is 32.8 Å². The first kappa shape index (κ1) is 20.6. The molecule has 4 atom stereocenters. The zero-order valence-corrected chi connectivity index (χ0v) is 17.0. The Labute approximate surface area is 173 Å². The van der Waals surface area contributed by atoms with Gasteiger partial charge in [0.1, 0.15) is 29.7 Å². The van der Waals surface area contributed by atoms with Crippen LogP contribution in [0.25, 0.3) is 0 Å². The molecule has 10 nitrogen and oxygen atoms in total. The molecule has 1 fully saturated rings. The SMILES string of the molecule is CCCOc1cccc2c1Nc1nc(=O)n([C@@H]3O[C@H](COC)C(OC)[C@@H]3O)cc1O2. The fourth-order valence-corrected chi connectivity index (χ4v) is 3.63. The average molecular weight is 419 g/mol. The lowest BCUT2D eigenvalue weighted by Gasteiger charge is -2.25. The molecule has 10 heteroatoms. The number of aliphatic hydroxyl groups is 1. The number of aliphatic hydroxyl groups excluding tert-OH is 1. The number of fused-ring (bicyclic) bond motifs is 2. The number of methoxy groups -OCH3 is 2. The number of benzene rings is 1. The van der Waals surface area contributed by atoms with Gasteiger partial charge in [-0.15, -0.1) is 0 Å². The fourth-order valence-electron chi connectivity index (χ4n) is 3.63. The van der Waals surface area contributed by atoms with Gasteiger partial charge in [0.05, 0.1) is 19.4 Å². The van der Waals surface area contributed by atoms with Crippen LogP contribution in [-0.2, 0) is 14.2 Å². The summed E-state index contributed by atoms with van der Waals surface area (Å²) >= 11 is 0. The predicted molar refractivity (Wildman–Crippen MR) is 107 cm³/mol. The van der Waals surface area contributed by atoms with Crippen LogP contribution >= 0.6 is 0 Å². The van der Waals surface area contributed by atoms with Crippen molar-refractivity contribution < 1.29 is 28.8 Å². The Bertz CT molecular complexity index is 964. The lowest BCUT2D eigenvalue weighted by Crippen LogP contribution is -2.37. The maximum absolute atomic E-state index is 12.7. The number of nitrogens with zero attached hydrogens (tertiary/aromatic N) is 2. The fraction of sp³-hybridized carbons (Fsp3) is 0.500. The molecule has 0 amide bonds. The largest absolute Gasteiger partial charge is 0.491 e. The highest BCUT2D eigenvalue weighted by molar-refractivity contribution is 5.77. The number of ether oxygens (including phenoxy) is 5. The highest BCUT2D eigenvalue weighted by Crippen LogP contribution is 2.45. The van der Waals surface area contributed by atoms with E-state index in [1.807, 2.05) is 19.1 Å². The minimum atomic E-state index is -1.08. The van der Waals surface area contributed by atoms with Crippen LogP contribution in [0.2, 0.25) is 0 Å². The van der Waals surface area contributed by atoms with Gasteiger partial charge in [0.15, 0.2) is 23.5 Å². The number of hydrogen-bond donors (Lipinski definition) is 2. The van der Waals surface area contributed by atoms with Gasteiger partial charge in [-0.2, -0.15) is 4.98 Å². The molecule has 0 saturated carbocycles. The van der Waals surface area contributed by atoms with Crippen molar-refractivity contribution in [2.45, 2.75) is 37.9 Å². The first-order chi connectivity index (χ1) is 14.6. The molecule has 162 valence electrons. The minimum absolute atomic E-state index is 0.213. The van der Waals surface area contributed by atoms with E-state index in [1.165, 1.54) is 25.0 Å². The molecule has 2 aliphatic heterocycles. The molecule has 0 radical (unpaired) electrons. The quantitative estimate of drug-likeness (QED) is 0.592. The lowest BCUT2D eigenvalue weighted by molar-refractivity contribution is -0.0641. The van der Waals surface area contributed by atoms with Crippen LogP contribution < -0.4 is 20.5 Å². The van der Waals surface area contributed by atoms with Gasteiger partial charge in [0, 0.05) is 14.2 Å². The summed E-state index contributed by atoms with van der Waals surface area (Å²) < 4.78 is 29.2. The summed E-state index contributed by atoms with van der Waals surface area (Å²) in [5.41, 5.74) is 0.0112. The molecule has 2 aromatic rings. The van der Waals surface area contributed by atoms with Gasteiger partial charge >= 0.3 is 5.69 Å². The van der Waals surface area contributed by atoms with E-state index in [-0.39, 0.29) is 12.4 Å². The van der Waals surface area contributed by atoms with E-state index < -0.39 is 30.2 Å². The molecule has 4 rings (SSSR count). The number of hydrogen-bond acceptors (Lipinski definition) is 9. The van der Waals surface area contributed by atoms with E-state index in [0.29, 0.717) is 29.5 Å². The van der Waals surface area contributed by atoms with E-state index >= 15 is 0 Å². The van der Waals surface area contributed by atoms with Gasteiger partial charge in [-0.25, -0.2) is 4.79 Å². The van der Waals surface area contributed by atoms with Crippen molar-refractivity contribution in [3.05, 3.63) is 34.9 Å². The van der Waals surface area contributed by atoms with Crippen LogP contribution in [0.3, 0.4) is 0 Å². The highest BCUT2D eigenvalue weighted by Gasteiger charge is 2.45. The maximum Gasteiger partial charge on any atom is 0.351 e. The standard InChI is InChI=1S/C20H25N3O7/c1-4-8-28-11-6-5-7-12-15(11)21-18-13(29-12)9-23(20(25)22-18)19-16(24)17(27-3)14(30-19)10-26-2/h5-7,9,14,16-17,19,24H,4,8,10H2,1-3H3,(H,21,22,25)/t14-,16+,17?,19-/m1/s1. The summed E-state index contributed by atoms with van der Waals surface area (Å²) in [6, 6.07) is 5.43. The first-order valence-corrected chi connectivity index (χ1v) is 9.76. The van der Waals surface area contributed by atoms with Crippen LogP contribution in [0.5, 0.6) is 17.2 Å². The molecule has 0 bridgehead atoms. The lowest BCUT2D eigenvalue weighted by atomic mass is 10.1. The minimum Gasteiger partial charge on any atom is -0.491 e. The molecule has 0 aliphatic carbocycles. The molecule has 1 aromatic heterocycles. The van der Waals surface area contributed by atoms with Crippen molar-refractivity contribution in [2.24, 2.45) is 0 Å². The summed E-state index contributed by atoms with van der Waals surface area (Å²) in [4.78, 5) is 16.8. The summed E-state index contributed by atoms with van der Waals surface area (Å²) in [6.07, 6.45) is -0.900. The third kappa shape index (κ3) is 3.63. The molecular formula is C20H25N3O7. The van der Waals surface area contributed by atoms with Crippen molar-refractivity contribution in [1.82, 2.24) is 9.55 Å². The van der Waals surface area contributed by atoms with Crippen LogP contribution in [0.15, 0.2) is 29.2 Å². The number of anilines is 2. The Morgan fingerprint density at radius 3 is 2.87 bits per heavy atom. The Morgan fingerprint density at radius 1 is 1.30 bits per heavy atom. The zero-order chi connectivity index (χ0) is 21.3. The normalized spacial score (nSPS) is 24.5. The third-order valence-corrected chi connectivity index (χ3v) is 5.02. The topological polar surface area (TPSA) is 113 Å². The van der Waals surface area contributed by atoms with Crippen molar-refractivity contribution in [3.8, 4) is 17.2 Å². The van der Waals surface area contributed by atoms with E-state index in [4.69, 9.17) is 23.7 Å². The second-order valence-electron chi connectivity index (χ2n) is 7.06. The molecule has 30 heavy (non-hydrogen) atoms. The molecule has 3 heterocycles. The van der Waals surface area contributed by atoms with E-state index in [9.17, 15) is 9.90 Å². The molecule has 2 aliphatic rings. The van der Waals surface area contributed by atoms with Gasteiger partial charge < -0.3 is 34.1 Å². The van der Waals surface area contributed by atoms with E-state index in [2.05, 4.69) is 10.3 Å². The number of nitrogens with one attached hydrogen (secondary N) is 1. The second-order valence-corrected chi connectivity index (χ2v) is 7.06. The average Bonchev–Trinajstić information content (AvgIpc) is 3.05. The second kappa shape index (κ2) is 8.60. The van der Waals surface area contributed by atoms with Gasteiger partial charge in [-0.1, -0.05) is 13.0 Å². The zero-order valence-electron chi connectivity index (χ0n) is 17.0. The Hall–Kier alpha value is -2.66. The third-order valence-electron chi connectivity index (χ3n) is 5.02. The van der Waals surface area contributed by atoms with Crippen LogP contribution in [0.4, 0.5) is 11.5 Å². The van der Waals surface area contributed by atoms with Crippen LogP contribution in [0.1, 0.15) is 19.6 Å². The summed E-state index contributed by atoms with van der Waals surface area (Å²) in [7, 11) is 3.00. The number of rotatable bonds is 7. The summed E-state index contributed by atoms with van der Waals surface area (Å²) in [5, 5.41) is 13.8. The number of para-hydroxylation sites is 1. The van der Waals surface area contributed by atoms with Crippen molar-refractivity contribution in [1.29, 1.82) is 0 Å². The molecule has 1 saturated heterocycles. The molecule has 2 N–H and O–H groups in total. The van der Waals surface area contributed by atoms with Crippen LogP contribution in [-0.4, -0.2) is 60.4 Å². The van der Waals surface area contributed by atoms with E-state index in [0.717, 1.165) is 6.42 Å². The van der Waals surface area contributed by atoms with Crippen molar-refractivity contribution >= 4 is 11.5 Å². The Morgan fingerprint density at radius 2 is 2.13 bits per heavy atom. The molecule has 1 aromatic carbocycles. The van der Waals surface area contributed by atoms with Crippen molar-refractivity contribution in [3.63, 3.8) is 0 Å². The van der Waals surface area contributed by atoms with Gasteiger partial charge in [-0.05, 0) is 18.6 Å².